The smallest absolute Gasteiger partial charge is 0.370 e. The fraction of sp³-hybridized carbons (Fsp3) is 0.385. The number of fused-ring (bicyclic) bond motifs is 1. The largest absolute Gasteiger partial charge is 0.416 e. The normalized spacial score (nSPS) is 19.8. The summed E-state index contributed by atoms with van der Waals surface area (Å²) in [7, 11) is 0. The van der Waals surface area contributed by atoms with Crippen LogP contribution in [0, 0.1) is 0 Å². The second kappa shape index (κ2) is 9.66. The minimum absolute atomic E-state index is 0.0209. The van der Waals surface area contributed by atoms with E-state index in [4.69, 9.17) is 16.3 Å². The number of halogens is 4. The molecule has 0 radical (unpaired) electrons. The van der Waals surface area contributed by atoms with Crippen LogP contribution in [0.25, 0.3) is 17.1 Å². The fourth-order valence-corrected chi connectivity index (χ4v) is 5.11. The number of piperidine rings is 1. The van der Waals surface area contributed by atoms with Crippen molar-refractivity contribution in [3.8, 4) is 0 Å². The molecule has 1 atom stereocenters. The van der Waals surface area contributed by atoms with Gasteiger partial charge in [-0.05, 0) is 61.6 Å². The number of imidazole rings is 1. The summed E-state index contributed by atoms with van der Waals surface area (Å²) in [5.41, 5.74) is 1.07. The van der Waals surface area contributed by atoms with Gasteiger partial charge in [-0.1, -0.05) is 29.8 Å². The molecule has 2 fully saturated rings. The van der Waals surface area contributed by atoms with Crippen LogP contribution in [0.4, 0.5) is 13.2 Å². The van der Waals surface area contributed by atoms with Crippen molar-refractivity contribution in [3.05, 3.63) is 70.5 Å². The molecule has 2 aromatic carbocycles. The van der Waals surface area contributed by atoms with Crippen LogP contribution in [0.1, 0.15) is 54.8 Å². The van der Waals surface area contributed by atoms with Crippen LogP contribution in [0.3, 0.4) is 0 Å². The first-order valence-electron chi connectivity index (χ1n) is 11.7. The number of carbonyl (C=O) groups is 1. The molecule has 0 N–H and O–H groups in total. The molecule has 9 heteroatoms. The number of hydrogen-bond donors (Lipinski definition) is 0. The van der Waals surface area contributed by atoms with Gasteiger partial charge in [0.2, 0.25) is 5.91 Å². The number of nitrogens with zero attached hydrogens (tertiary/aromatic N) is 3. The summed E-state index contributed by atoms with van der Waals surface area (Å²) in [6.07, 6.45) is 1.64. The van der Waals surface area contributed by atoms with Gasteiger partial charge in [0.15, 0.2) is 0 Å². The maximum atomic E-state index is 13.3. The molecule has 0 saturated carbocycles. The Labute approximate surface area is 206 Å². The van der Waals surface area contributed by atoms with E-state index < -0.39 is 11.7 Å². The third kappa shape index (κ3) is 4.95. The van der Waals surface area contributed by atoms with E-state index in [1.54, 1.807) is 17.0 Å². The lowest BCUT2D eigenvalue weighted by Gasteiger charge is -2.33. The number of benzene rings is 2. The second-order valence-electron chi connectivity index (χ2n) is 8.95. The molecule has 2 aliphatic rings. The first-order chi connectivity index (χ1) is 16.8. The maximum absolute atomic E-state index is 13.3. The predicted octanol–water partition coefficient (Wildman–Crippen LogP) is 6.44. The third-order valence-corrected chi connectivity index (χ3v) is 7.06. The van der Waals surface area contributed by atoms with Gasteiger partial charge in [0.25, 0.3) is 0 Å². The minimum Gasteiger partial charge on any atom is -0.370 e. The number of carbonyl (C=O) groups excluding carboxylic acids is 1. The van der Waals surface area contributed by atoms with Gasteiger partial charge in [-0.25, -0.2) is 4.98 Å². The van der Waals surface area contributed by atoms with E-state index in [1.165, 1.54) is 12.1 Å². The van der Waals surface area contributed by atoms with E-state index in [1.807, 2.05) is 22.8 Å². The van der Waals surface area contributed by atoms with E-state index in [-0.39, 0.29) is 18.1 Å². The zero-order valence-electron chi connectivity index (χ0n) is 19.0. The lowest BCUT2D eigenvalue weighted by molar-refractivity contribution is -0.137. The molecule has 3 heterocycles. The molecule has 1 amide bonds. The van der Waals surface area contributed by atoms with Gasteiger partial charge in [-0.3, -0.25) is 4.79 Å². The summed E-state index contributed by atoms with van der Waals surface area (Å²) in [6.45, 7) is 1.70. The molecule has 35 heavy (non-hydrogen) atoms. The highest BCUT2D eigenvalue weighted by Crippen LogP contribution is 2.38. The van der Waals surface area contributed by atoms with Crippen molar-refractivity contribution in [3.63, 3.8) is 0 Å². The Morgan fingerprint density at radius 3 is 2.57 bits per heavy atom. The molecule has 1 unspecified atom stereocenters. The Hall–Kier alpha value is -2.84. The summed E-state index contributed by atoms with van der Waals surface area (Å²) in [4.78, 5) is 19.1. The molecule has 0 bridgehead atoms. The highest BCUT2D eigenvalue weighted by Gasteiger charge is 2.34. The van der Waals surface area contributed by atoms with Crippen molar-refractivity contribution in [1.29, 1.82) is 0 Å². The Balaban J connectivity index is 1.36. The van der Waals surface area contributed by atoms with E-state index >= 15 is 0 Å². The van der Waals surface area contributed by atoms with Crippen LogP contribution in [-0.4, -0.2) is 40.1 Å². The Morgan fingerprint density at radius 1 is 1.11 bits per heavy atom. The molecule has 2 aliphatic heterocycles. The quantitative estimate of drug-likeness (QED) is 0.385. The van der Waals surface area contributed by atoms with Crippen molar-refractivity contribution in [2.45, 2.75) is 44.0 Å². The average Bonchev–Trinajstić information content (AvgIpc) is 3.50. The van der Waals surface area contributed by atoms with Crippen molar-refractivity contribution < 1.29 is 22.7 Å². The Kier molecular flexibility index (Phi) is 6.59. The second-order valence-corrected chi connectivity index (χ2v) is 9.36. The van der Waals surface area contributed by atoms with E-state index in [0.29, 0.717) is 54.4 Å². The number of alkyl halides is 3. The molecule has 5 rings (SSSR count). The first kappa shape index (κ1) is 23.9. The van der Waals surface area contributed by atoms with E-state index in [2.05, 4.69) is 4.98 Å². The molecule has 5 nitrogen and oxygen atoms in total. The summed E-state index contributed by atoms with van der Waals surface area (Å²) in [5.74, 6) is 0.591. The van der Waals surface area contributed by atoms with E-state index in [0.717, 1.165) is 30.5 Å². The van der Waals surface area contributed by atoms with Crippen LogP contribution >= 0.6 is 11.6 Å². The summed E-state index contributed by atoms with van der Waals surface area (Å²) < 4.78 is 47.7. The number of hydrogen-bond acceptors (Lipinski definition) is 3. The number of likely N-dealkylation sites (tertiary alicyclic amines) is 1. The topological polar surface area (TPSA) is 47.4 Å². The molecule has 2 saturated heterocycles. The molecular weight excluding hydrogens is 479 g/mol. The third-order valence-electron chi connectivity index (χ3n) is 6.71. The zero-order valence-corrected chi connectivity index (χ0v) is 19.7. The number of amides is 1. The van der Waals surface area contributed by atoms with Gasteiger partial charge in [-0.2, -0.15) is 13.2 Å². The fourth-order valence-electron chi connectivity index (χ4n) is 4.91. The highest BCUT2D eigenvalue weighted by atomic mass is 35.5. The number of ether oxygens (including phenoxy) is 1. The van der Waals surface area contributed by atoms with Crippen molar-refractivity contribution in [2.75, 3.05) is 19.7 Å². The van der Waals surface area contributed by atoms with Gasteiger partial charge in [-0.15, -0.1) is 0 Å². The molecule has 0 aliphatic carbocycles. The molecule has 0 spiro atoms. The summed E-state index contributed by atoms with van der Waals surface area (Å²) in [5, 5.41) is 0.581. The van der Waals surface area contributed by atoms with Gasteiger partial charge in [0, 0.05) is 36.8 Å². The Bertz CT molecular complexity index is 1260. The standard InChI is InChI=1S/C26H25ClF3N3O2/c27-20-5-2-1-4-17(20)7-10-24(34)32-13-11-19(12-14-32)33-22-9-8-18(26(28,29)30)16-21(22)31-25(33)23-6-3-15-35-23/h1-2,4-5,7-10,16,19,23H,3,6,11-15H2. The zero-order chi connectivity index (χ0) is 24.6. The lowest BCUT2D eigenvalue weighted by atomic mass is 10.0. The predicted molar refractivity (Wildman–Crippen MR) is 128 cm³/mol. The monoisotopic (exact) mass is 503 g/mol. The lowest BCUT2D eigenvalue weighted by Crippen LogP contribution is -2.38. The average molecular weight is 504 g/mol. The number of rotatable bonds is 4. The summed E-state index contributed by atoms with van der Waals surface area (Å²) >= 11 is 6.16. The van der Waals surface area contributed by atoms with Crippen LogP contribution in [0.5, 0.6) is 0 Å². The van der Waals surface area contributed by atoms with Gasteiger partial charge >= 0.3 is 6.18 Å². The van der Waals surface area contributed by atoms with Gasteiger partial charge in [0.05, 0.1) is 16.6 Å². The summed E-state index contributed by atoms with van der Waals surface area (Å²) in [6, 6.07) is 11.1. The SMILES string of the molecule is O=C(C=Cc1ccccc1Cl)N1CCC(n2c(C3CCCO3)nc3cc(C(F)(F)F)ccc32)CC1. The highest BCUT2D eigenvalue weighted by molar-refractivity contribution is 6.32. The molecule has 3 aromatic rings. The van der Waals surface area contributed by atoms with Crippen LogP contribution in [0.2, 0.25) is 5.02 Å². The maximum Gasteiger partial charge on any atom is 0.416 e. The number of aromatic nitrogens is 2. The first-order valence-corrected chi connectivity index (χ1v) is 12.1. The molecule has 1 aromatic heterocycles. The van der Waals surface area contributed by atoms with Crippen LogP contribution in [0.15, 0.2) is 48.5 Å². The van der Waals surface area contributed by atoms with Gasteiger partial charge in [0.1, 0.15) is 11.9 Å². The van der Waals surface area contributed by atoms with Crippen LogP contribution in [-0.2, 0) is 15.7 Å². The van der Waals surface area contributed by atoms with E-state index in [9.17, 15) is 18.0 Å². The minimum atomic E-state index is -4.43. The molecular formula is C26H25ClF3N3O2. The van der Waals surface area contributed by atoms with Crippen molar-refractivity contribution in [2.24, 2.45) is 0 Å². The van der Waals surface area contributed by atoms with Crippen LogP contribution < -0.4 is 0 Å². The Morgan fingerprint density at radius 2 is 1.89 bits per heavy atom. The van der Waals surface area contributed by atoms with Gasteiger partial charge < -0.3 is 14.2 Å². The van der Waals surface area contributed by atoms with Crippen molar-refractivity contribution in [1.82, 2.24) is 14.5 Å². The molecule has 184 valence electrons. The van der Waals surface area contributed by atoms with Crippen molar-refractivity contribution >= 4 is 34.6 Å².